The molecule has 1 aliphatic heterocycles. The number of hydrogen-bond acceptors (Lipinski definition) is 4. The van der Waals surface area contributed by atoms with E-state index in [0.717, 1.165) is 18.4 Å². The molecule has 3 heterocycles. The third-order valence-electron chi connectivity index (χ3n) is 5.98. The fraction of sp³-hybridized carbons (Fsp3) is 0.292. The maximum Gasteiger partial charge on any atom is 0.337 e. The molecular formula is C24H24N4O3. The monoisotopic (exact) mass is 416 g/mol. The van der Waals surface area contributed by atoms with Crippen molar-refractivity contribution in [3.8, 4) is 5.69 Å². The van der Waals surface area contributed by atoms with Crippen LogP contribution >= 0.6 is 0 Å². The standard InChI is InChI=1S/C24H24N4O3/c1-17(18-9-4-2-5-10-18)27-16-25-22-21(27)23(29)26(15-20-13-8-14-31-20)24(30)28(22)19-11-6-3-7-12-19/h2-7,9-12,16-17,20H,8,13-15H2,1H3/t17-,20-/m1/s1. The molecule has 0 N–H and O–H groups in total. The van der Waals surface area contributed by atoms with Crippen molar-refractivity contribution in [3.63, 3.8) is 0 Å². The molecule has 1 aliphatic rings. The van der Waals surface area contributed by atoms with Gasteiger partial charge in [0.1, 0.15) is 0 Å². The summed E-state index contributed by atoms with van der Waals surface area (Å²) in [4.78, 5) is 31.6. The number of benzene rings is 2. The summed E-state index contributed by atoms with van der Waals surface area (Å²) in [6.45, 7) is 2.93. The van der Waals surface area contributed by atoms with E-state index in [1.807, 2.05) is 72.2 Å². The lowest BCUT2D eigenvalue weighted by atomic mass is 10.1. The molecule has 7 nitrogen and oxygen atoms in total. The highest BCUT2D eigenvalue weighted by Gasteiger charge is 2.24. The molecular weight excluding hydrogens is 392 g/mol. The van der Waals surface area contributed by atoms with Crippen molar-refractivity contribution in [1.29, 1.82) is 0 Å². The second-order valence-electron chi connectivity index (χ2n) is 7.92. The number of rotatable bonds is 5. The first-order chi connectivity index (χ1) is 15.1. The second kappa shape index (κ2) is 8.00. The summed E-state index contributed by atoms with van der Waals surface area (Å²) in [6.07, 6.45) is 3.31. The van der Waals surface area contributed by atoms with Crippen molar-refractivity contribution in [2.45, 2.75) is 38.5 Å². The predicted molar refractivity (Wildman–Crippen MR) is 119 cm³/mol. The van der Waals surface area contributed by atoms with Gasteiger partial charge in [0.15, 0.2) is 11.2 Å². The van der Waals surface area contributed by atoms with Crippen LogP contribution in [-0.4, -0.2) is 31.4 Å². The average Bonchev–Trinajstić information content (AvgIpc) is 3.48. The van der Waals surface area contributed by atoms with Crippen molar-refractivity contribution in [3.05, 3.63) is 93.4 Å². The zero-order valence-corrected chi connectivity index (χ0v) is 17.3. The minimum atomic E-state index is -0.392. The Hall–Kier alpha value is -3.45. The van der Waals surface area contributed by atoms with Crippen LogP contribution in [0.2, 0.25) is 0 Å². The van der Waals surface area contributed by atoms with Crippen molar-refractivity contribution in [2.24, 2.45) is 0 Å². The number of imidazole rings is 1. The SMILES string of the molecule is C[C@H](c1ccccc1)n1cnc2c1c(=O)n(C[C@H]1CCCO1)c(=O)n2-c1ccccc1. The van der Waals surface area contributed by atoms with E-state index >= 15 is 0 Å². The number of nitrogens with zero attached hydrogens (tertiary/aromatic N) is 4. The van der Waals surface area contributed by atoms with Crippen LogP contribution in [0.1, 0.15) is 31.4 Å². The van der Waals surface area contributed by atoms with Crippen LogP contribution < -0.4 is 11.2 Å². The molecule has 2 atom stereocenters. The molecule has 1 saturated heterocycles. The Morgan fingerprint density at radius 2 is 1.77 bits per heavy atom. The third-order valence-corrected chi connectivity index (χ3v) is 5.98. The van der Waals surface area contributed by atoms with Gasteiger partial charge in [0, 0.05) is 6.61 Å². The summed E-state index contributed by atoms with van der Waals surface area (Å²) in [5.74, 6) is 0. The molecule has 0 unspecified atom stereocenters. The summed E-state index contributed by atoms with van der Waals surface area (Å²) >= 11 is 0. The molecule has 0 amide bonds. The Labute approximate surface area is 179 Å². The molecule has 0 bridgehead atoms. The van der Waals surface area contributed by atoms with Gasteiger partial charge in [-0.3, -0.25) is 9.36 Å². The van der Waals surface area contributed by atoms with Crippen LogP contribution in [0.3, 0.4) is 0 Å². The molecule has 2 aromatic heterocycles. The minimum absolute atomic E-state index is 0.114. The Kier molecular flexibility index (Phi) is 5.03. The van der Waals surface area contributed by atoms with Gasteiger partial charge in [-0.25, -0.2) is 14.3 Å². The van der Waals surface area contributed by atoms with Crippen molar-refractivity contribution < 1.29 is 4.74 Å². The van der Waals surface area contributed by atoms with Gasteiger partial charge in [-0.2, -0.15) is 0 Å². The maximum absolute atomic E-state index is 13.6. The first-order valence-corrected chi connectivity index (χ1v) is 10.6. The molecule has 0 saturated carbocycles. The average molecular weight is 416 g/mol. The van der Waals surface area contributed by atoms with E-state index in [0.29, 0.717) is 23.5 Å². The number of para-hydroxylation sites is 1. The van der Waals surface area contributed by atoms with Crippen molar-refractivity contribution >= 4 is 11.2 Å². The number of ether oxygens (including phenoxy) is 1. The fourth-order valence-electron chi connectivity index (χ4n) is 4.30. The van der Waals surface area contributed by atoms with E-state index in [1.165, 1.54) is 9.13 Å². The lowest BCUT2D eigenvalue weighted by molar-refractivity contribution is 0.0950. The molecule has 31 heavy (non-hydrogen) atoms. The molecule has 158 valence electrons. The van der Waals surface area contributed by atoms with Gasteiger partial charge < -0.3 is 9.30 Å². The largest absolute Gasteiger partial charge is 0.376 e. The van der Waals surface area contributed by atoms with Crippen molar-refractivity contribution in [1.82, 2.24) is 18.7 Å². The predicted octanol–water partition coefficient (Wildman–Crippen LogP) is 3.14. The normalized spacial score (nSPS) is 17.3. The topological polar surface area (TPSA) is 71.1 Å². The summed E-state index contributed by atoms with van der Waals surface area (Å²) in [7, 11) is 0. The van der Waals surface area contributed by atoms with Crippen molar-refractivity contribution in [2.75, 3.05) is 6.61 Å². The van der Waals surface area contributed by atoms with Crippen LogP contribution in [0, 0.1) is 0 Å². The van der Waals surface area contributed by atoms with E-state index in [9.17, 15) is 9.59 Å². The summed E-state index contributed by atoms with van der Waals surface area (Å²) in [6, 6.07) is 19.2. The van der Waals surface area contributed by atoms with Gasteiger partial charge in [0.05, 0.1) is 30.7 Å². The summed E-state index contributed by atoms with van der Waals surface area (Å²) in [5.41, 5.74) is 1.80. The third kappa shape index (κ3) is 3.41. The number of fused-ring (bicyclic) bond motifs is 1. The van der Waals surface area contributed by atoms with E-state index in [2.05, 4.69) is 4.98 Å². The summed E-state index contributed by atoms with van der Waals surface area (Å²) in [5, 5.41) is 0. The lowest BCUT2D eigenvalue weighted by Gasteiger charge is -2.17. The first kappa shape index (κ1) is 19.5. The van der Waals surface area contributed by atoms with Gasteiger partial charge in [0.2, 0.25) is 0 Å². The highest BCUT2D eigenvalue weighted by Crippen LogP contribution is 2.22. The maximum atomic E-state index is 13.6. The zero-order chi connectivity index (χ0) is 21.4. The molecule has 0 radical (unpaired) electrons. The van der Waals surface area contributed by atoms with Gasteiger partial charge in [-0.15, -0.1) is 0 Å². The van der Waals surface area contributed by atoms with Gasteiger partial charge in [-0.05, 0) is 37.5 Å². The smallest absolute Gasteiger partial charge is 0.337 e. The second-order valence-corrected chi connectivity index (χ2v) is 7.92. The Balaban J connectivity index is 1.77. The van der Waals surface area contributed by atoms with Gasteiger partial charge in [0.25, 0.3) is 5.56 Å². The number of hydrogen-bond donors (Lipinski definition) is 0. The molecule has 5 rings (SSSR count). The highest BCUT2D eigenvalue weighted by molar-refractivity contribution is 5.72. The molecule has 7 heteroatoms. The first-order valence-electron chi connectivity index (χ1n) is 10.6. The molecule has 0 spiro atoms. The van der Waals surface area contributed by atoms with Crippen LogP contribution in [0.15, 0.2) is 76.6 Å². The van der Waals surface area contributed by atoms with Gasteiger partial charge in [-0.1, -0.05) is 48.5 Å². The summed E-state index contributed by atoms with van der Waals surface area (Å²) < 4.78 is 10.4. The highest BCUT2D eigenvalue weighted by atomic mass is 16.5. The fourth-order valence-corrected chi connectivity index (χ4v) is 4.30. The molecule has 1 fully saturated rings. The van der Waals surface area contributed by atoms with Crippen LogP contribution in [-0.2, 0) is 11.3 Å². The quantitative estimate of drug-likeness (QED) is 0.501. The molecule has 4 aromatic rings. The van der Waals surface area contributed by atoms with Crippen LogP contribution in [0.25, 0.3) is 16.9 Å². The number of aromatic nitrogens is 4. The van der Waals surface area contributed by atoms with E-state index in [4.69, 9.17) is 4.74 Å². The zero-order valence-electron chi connectivity index (χ0n) is 17.3. The minimum Gasteiger partial charge on any atom is -0.376 e. The Bertz CT molecular complexity index is 1320. The Morgan fingerprint density at radius 3 is 2.45 bits per heavy atom. The van der Waals surface area contributed by atoms with Crippen LogP contribution in [0.4, 0.5) is 0 Å². The lowest BCUT2D eigenvalue weighted by Crippen LogP contribution is -2.42. The molecule has 0 aliphatic carbocycles. The van der Waals surface area contributed by atoms with E-state index in [-0.39, 0.29) is 24.2 Å². The van der Waals surface area contributed by atoms with Gasteiger partial charge >= 0.3 is 5.69 Å². The van der Waals surface area contributed by atoms with E-state index in [1.54, 1.807) is 6.33 Å². The van der Waals surface area contributed by atoms with E-state index < -0.39 is 5.69 Å². The molecule has 2 aromatic carbocycles. The van der Waals surface area contributed by atoms with Crippen LogP contribution in [0.5, 0.6) is 0 Å². The Morgan fingerprint density at radius 1 is 1.06 bits per heavy atom.